The molecule has 0 aliphatic carbocycles. The van der Waals surface area contributed by atoms with Crippen molar-refractivity contribution in [1.29, 1.82) is 0 Å². The highest BCUT2D eigenvalue weighted by atomic mass is 32.2. The van der Waals surface area contributed by atoms with Crippen LogP contribution in [-0.2, 0) is 5.75 Å². The molecule has 1 aliphatic rings. The summed E-state index contributed by atoms with van der Waals surface area (Å²) in [6, 6.07) is 5.30. The van der Waals surface area contributed by atoms with Crippen LogP contribution >= 0.6 is 11.8 Å². The molecule has 0 aromatic heterocycles. The maximum atomic E-state index is 12.1. The first-order valence-corrected chi connectivity index (χ1v) is 6.84. The number of halogens is 3. The van der Waals surface area contributed by atoms with Gasteiger partial charge in [-0.25, -0.2) is 0 Å². The Hall–Kier alpha value is -1.08. The number of aliphatic hydroxyl groups excluding tert-OH is 1. The minimum atomic E-state index is -4.57. The zero-order valence-corrected chi connectivity index (χ0v) is 10.8. The third-order valence-electron chi connectivity index (χ3n) is 2.56. The van der Waals surface area contributed by atoms with Crippen LogP contribution < -0.4 is 9.47 Å². The number of benzene rings is 1. The summed E-state index contributed by atoms with van der Waals surface area (Å²) in [6.07, 6.45) is -6.86. The average Bonchev–Trinajstić information content (AvgIpc) is 2.38. The van der Waals surface area contributed by atoms with Gasteiger partial charge in [0.25, 0.3) is 0 Å². The van der Waals surface area contributed by atoms with Gasteiger partial charge in [0, 0.05) is 17.1 Å². The predicted molar refractivity (Wildman–Crippen MR) is 65.7 cm³/mol. The minimum absolute atomic E-state index is 0.333. The van der Waals surface area contributed by atoms with E-state index < -0.39 is 18.0 Å². The van der Waals surface area contributed by atoms with E-state index in [2.05, 4.69) is 0 Å². The lowest BCUT2D eigenvalue weighted by Crippen LogP contribution is -2.30. The highest BCUT2D eigenvalue weighted by molar-refractivity contribution is 7.98. The van der Waals surface area contributed by atoms with Crippen LogP contribution in [0.2, 0.25) is 0 Å². The summed E-state index contributed by atoms with van der Waals surface area (Å²) >= 11 is 1.01. The summed E-state index contributed by atoms with van der Waals surface area (Å²) in [5.74, 6) is 1.14. The van der Waals surface area contributed by atoms with Crippen LogP contribution in [0, 0.1) is 0 Å². The van der Waals surface area contributed by atoms with Crippen molar-refractivity contribution in [3.05, 3.63) is 23.8 Å². The first kappa shape index (κ1) is 14.3. The Morgan fingerprint density at radius 3 is 2.74 bits per heavy atom. The highest BCUT2D eigenvalue weighted by Crippen LogP contribution is 2.36. The number of alkyl halides is 3. The Balaban J connectivity index is 1.93. The monoisotopic (exact) mass is 294 g/mol. The summed E-state index contributed by atoms with van der Waals surface area (Å²) in [4.78, 5) is 0. The lowest BCUT2D eigenvalue weighted by atomic mass is 10.2. The van der Waals surface area contributed by atoms with Gasteiger partial charge in [-0.05, 0) is 6.07 Å². The normalized spacial score (nSPS) is 16.2. The van der Waals surface area contributed by atoms with Crippen LogP contribution in [0.5, 0.6) is 11.5 Å². The molecule has 0 bridgehead atoms. The van der Waals surface area contributed by atoms with Gasteiger partial charge < -0.3 is 14.6 Å². The molecule has 2 rings (SSSR count). The van der Waals surface area contributed by atoms with E-state index in [0.717, 1.165) is 17.3 Å². The smallest absolute Gasteiger partial charge is 0.415 e. The summed E-state index contributed by atoms with van der Waals surface area (Å²) < 4.78 is 47.3. The Labute approximate surface area is 112 Å². The number of rotatable bonds is 4. The van der Waals surface area contributed by atoms with Gasteiger partial charge in [-0.2, -0.15) is 24.9 Å². The molecule has 0 radical (unpaired) electrons. The summed E-state index contributed by atoms with van der Waals surface area (Å²) in [6.45, 7) is 0.899. The van der Waals surface area contributed by atoms with E-state index in [1.54, 1.807) is 18.2 Å². The van der Waals surface area contributed by atoms with E-state index >= 15 is 0 Å². The van der Waals surface area contributed by atoms with Gasteiger partial charge in [-0.15, -0.1) is 0 Å². The number of para-hydroxylation sites is 1. The van der Waals surface area contributed by atoms with E-state index in [-0.39, 0.29) is 0 Å². The summed E-state index contributed by atoms with van der Waals surface area (Å²) in [5.41, 5.74) is 0.775. The molecule has 1 heterocycles. The molecule has 1 aromatic rings. The number of hydrogen-bond acceptors (Lipinski definition) is 4. The van der Waals surface area contributed by atoms with E-state index in [9.17, 15) is 13.2 Å². The molecule has 0 unspecified atom stereocenters. The Morgan fingerprint density at radius 2 is 2.00 bits per heavy atom. The molecule has 1 aromatic carbocycles. The van der Waals surface area contributed by atoms with Crippen molar-refractivity contribution in [2.45, 2.75) is 18.0 Å². The zero-order valence-electron chi connectivity index (χ0n) is 9.94. The third kappa shape index (κ3) is 3.70. The van der Waals surface area contributed by atoms with Crippen LogP contribution in [-0.4, -0.2) is 36.4 Å². The average molecular weight is 294 g/mol. The molecule has 0 fully saturated rings. The quantitative estimate of drug-likeness (QED) is 0.926. The van der Waals surface area contributed by atoms with Crippen molar-refractivity contribution in [2.75, 3.05) is 19.0 Å². The van der Waals surface area contributed by atoms with E-state index in [1.165, 1.54) is 0 Å². The van der Waals surface area contributed by atoms with Crippen molar-refractivity contribution < 1.29 is 27.8 Å². The summed E-state index contributed by atoms with van der Waals surface area (Å²) in [5, 5.41) is 8.90. The van der Waals surface area contributed by atoms with Crippen molar-refractivity contribution in [3.63, 3.8) is 0 Å². The van der Waals surface area contributed by atoms with E-state index in [1.807, 2.05) is 0 Å². The van der Waals surface area contributed by atoms with Gasteiger partial charge in [0.15, 0.2) is 17.6 Å². The first-order chi connectivity index (χ1) is 8.98. The fourth-order valence-corrected chi connectivity index (χ4v) is 2.60. The van der Waals surface area contributed by atoms with Gasteiger partial charge in [0.2, 0.25) is 0 Å². The molecule has 0 saturated heterocycles. The molecule has 0 amide bonds. The zero-order chi connectivity index (χ0) is 13.9. The Morgan fingerprint density at radius 1 is 1.26 bits per heavy atom. The molecule has 1 aliphatic heterocycles. The highest BCUT2D eigenvalue weighted by Gasteiger charge is 2.37. The van der Waals surface area contributed by atoms with Gasteiger partial charge >= 0.3 is 6.18 Å². The number of aliphatic hydroxyl groups is 1. The van der Waals surface area contributed by atoms with Crippen molar-refractivity contribution >= 4 is 11.8 Å². The maximum Gasteiger partial charge on any atom is 0.415 e. The Bertz CT molecular complexity index is 437. The maximum absolute atomic E-state index is 12.1. The molecular formula is C12H13F3O3S. The molecule has 106 valence electrons. The van der Waals surface area contributed by atoms with Gasteiger partial charge in [0.1, 0.15) is 13.2 Å². The number of thioether (sulfide) groups is 1. The number of ether oxygens (including phenoxy) is 2. The standard InChI is InChI=1S/C12H13F3O3S/c13-12(14,15)10(16)7-19-6-8-2-1-3-9-11(8)18-5-4-17-9/h1-3,10,16H,4-7H2/t10-/m0/s1. The third-order valence-corrected chi connectivity index (χ3v) is 3.63. The van der Waals surface area contributed by atoms with Crippen LogP contribution in [0.3, 0.4) is 0 Å². The minimum Gasteiger partial charge on any atom is -0.486 e. The van der Waals surface area contributed by atoms with Gasteiger partial charge in [-0.1, -0.05) is 12.1 Å². The lowest BCUT2D eigenvalue weighted by Gasteiger charge is -2.21. The first-order valence-electron chi connectivity index (χ1n) is 5.68. The van der Waals surface area contributed by atoms with E-state index in [0.29, 0.717) is 30.5 Å². The van der Waals surface area contributed by atoms with Crippen molar-refractivity contribution in [2.24, 2.45) is 0 Å². The largest absolute Gasteiger partial charge is 0.486 e. The van der Waals surface area contributed by atoms with Crippen LogP contribution in [0.1, 0.15) is 5.56 Å². The molecular weight excluding hydrogens is 281 g/mol. The molecule has 0 spiro atoms. The molecule has 19 heavy (non-hydrogen) atoms. The van der Waals surface area contributed by atoms with Gasteiger partial charge in [-0.3, -0.25) is 0 Å². The van der Waals surface area contributed by atoms with Gasteiger partial charge in [0.05, 0.1) is 0 Å². The second kappa shape index (κ2) is 5.92. The summed E-state index contributed by atoms with van der Waals surface area (Å²) in [7, 11) is 0. The second-order valence-electron chi connectivity index (χ2n) is 4.01. The van der Waals surface area contributed by atoms with Crippen molar-refractivity contribution in [1.82, 2.24) is 0 Å². The second-order valence-corrected chi connectivity index (χ2v) is 5.04. The van der Waals surface area contributed by atoms with Crippen LogP contribution in [0.25, 0.3) is 0 Å². The van der Waals surface area contributed by atoms with Crippen LogP contribution in [0.4, 0.5) is 13.2 Å². The molecule has 3 nitrogen and oxygen atoms in total. The fourth-order valence-electron chi connectivity index (χ4n) is 1.62. The van der Waals surface area contributed by atoms with E-state index in [4.69, 9.17) is 14.6 Å². The predicted octanol–water partition coefficient (Wildman–Crippen LogP) is 2.61. The number of fused-ring (bicyclic) bond motifs is 1. The molecule has 1 N–H and O–H groups in total. The Kier molecular flexibility index (Phi) is 4.46. The fraction of sp³-hybridized carbons (Fsp3) is 0.500. The topological polar surface area (TPSA) is 38.7 Å². The molecule has 0 saturated carbocycles. The van der Waals surface area contributed by atoms with Crippen LogP contribution in [0.15, 0.2) is 18.2 Å². The van der Waals surface area contributed by atoms with Crippen molar-refractivity contribution in [3.8, 4) is 11.5 Å². The SMILES string of the molecule is O[C@@H](CSCc1cccc2c1OCCO2)C(F)(F)F. The lowest BCUT2D eigenvalue weighted by molar-refractivity contribution is -0.195. The molecule has 1 atom stereocenters. The number of hydrogen-bond donors (Lipinski definition) is 1. The molecule has 7 heteroatoms.